The van der Waals surface area contributed by atoms with E-state index in [1.165, 1.54) is 12.1 Å². The monoisotopic (exact) mass is 375 g/mol. The van der Waals surface area contributed by atoms with E-state index in [2.05, 4.69) is 5.32 Å². The standard InChI is InChI=1S/C18H21N3O6/c1-18(2,3)27-17(24)19-15(16(22)23)11-13-8-5-9-20(13)12-6-4-7-14(10-12)21(25)26/h4-10,15H,11H2,1-3H3,(H,19,24)(H,22,23). The fourth-order valence-electron chi connectivity index (χ4n) is 2.45. The first-order chi connectivity index (χ1) is 12.6. The number of ether oxygens (including phenoxy) is 1. The molecule has 2 aromatic rings. The van der Waals surface area contributed by atoms with Crippen LogP contribution >= 0.6 is 0 Å². The van der Waals surface area contributed by atoms with E-state index < -0.39 is 28.6 Å². The molecule has 1 atom stereocenters. The highest BCUT2D eigenvalue weighted by atomic mass is 16.6. The molecule has 0 aliphatic carbocycles. The predicted molar refractivity (Wildman–Crippen MR) is 96.9 cm³/mol. The summed E-state index contributed by atoms with van der Waals surface area (Å²) in [7, 11) is 0. The van der Waals surface area contributed by atoms with Gasteiger partial charge in [0.2, 0.25) is 0 Å². The number of benzene rings is 1. The van der Waals surface area contributed by atoms with Crippen molar-refractivity contribution >= 4 is 17.7 Å². The molecule has 0 aliphatic rings. The number of nitro benzene ring substituents is 1. The van der Waals surface area contributed by atoms with Gasteiger partial charge in [-0.1, -0.05) is 6.07 Å². The van der Waals surface area contributed by atoms with Crippen LogP contribution in [0.2, 0.25) is 0 Å². The molecule has 9 heteroatoms. The van der Waals surface area contributed by atoms with Gasteiger partial charge in [0.15, 0.2) is 0 Å². The van der Waals surface area contributed by atoms with E-state index >= 15 is 0 Å². The third-order valence-electron chi connectivity index (χ3n) is 3.55. The van der Waals surface area contributed by atoms with Gasteiger partial charge in [0, 0.05) is 30.4 Å². The van der Waals surface area contributed by atoms with E-state index in [4.69, 9.17) is 4.74 Å². The number of amides is 1. The number of alkyl carbamates (subject to hydrolysis) is 1. The molecule has 1 aromatic heterocycles. The Morgan fingerprint density at radius 2 is 2.00 bits per heavy atom. The summed E-state index contributed by atoms with van der Waals surface area (Å²) in [5.41, 5.74) is 0.259. The topological polar surface area (TPSA) is 124 Å². The third-order valence-corrected chi connectivity index (χ3v) is 3.55. The Morgan fingerprint density at radius 1 is 1.30 bits per heavy atom. The van der Waals surface area contributed by atoms with Gasteiger partial charge in [-0.25, -0.2) is 9.59 Å². The van der Waals surface area contributed by atoms with Crippen LogP contribution in [0.15, 0.2) is 42.6 Å². The van der Waals surface area contributed by atoms with Gasteiger partial charge in [-0.05, 0) is 39.0 Å². The van der Waals surface area contributed by atoms with Crippen molar-refractivity contribution < 1.29 is 24.4 Å². The lowest BCUT2D eigenvalue weighted by atomic mass is 10.1. The second kappa shape index (κ2) is 7.90. The summed E-state index contributed by atoms with van der Waals surface area (Å²) in [6.45, 7) is 5.03. The molecular formula is C18H21N3O6. The second-order valence-corrected chi connectivity index (χ2v) is 6.89. The first-order valence-corrected chi connectivity index (χ1v) is 8.20. The van der Waals surface area contributed by atoms with Crippen LogP contribution in [0.25, 0.3) is 5.69 Å². The number of carbonyl (C=O) groups is 2. The minimum absolute atomic E-state index is 0.0235. The van der Waals surface area contributed by atoms with Gasteiger partial charge in [-0.3, -0.25) is 10.1 Å². The Bertz CT molecular complexity index is 853. The average molecular weight is 375 g/mol. The van der Waals surface area contributed by atoms with Crippen molar-refractivity contribution in [3.05, 3.63) is 58.4 Å². The van der Waals surface area contributed by atoms with Crippen LogP contribution in [0.3, 0.4) is 0 Å². The molecule has 0 saturated carbocycles. The molecule has 2 rings (SSSR count). The van der Waals surface area contributed by atoms with Crippen molar-refractivity contribution in [1.82, 2.24) is 9.88 Å². The second-order valence-electron chi connectivity index (χ2n) is 6.89. The quantitative estimate of drug-likeness (QED) is 0.591. The predicted octanol–water partition coefficient (Wildman–Crippen LogP) is 2.91. The molecule has 0 spiro atoms. The number of carboxylic acids is 1. The first kappa shape index (κ1) is 20.0. The highest BCUT2D eigenvalue weighted by Gasteiger charge is 2.25. The number of nitro groups is 1. The summed E-state index contributed by atoms with van der Waals surface area (Å²) >= 11 is 0. The smallest absolute Gasteiger partial charge is 0.408 e. The van der Waals surface area contributed by atoms with Crippen molar-refractivity contribution in [2.24, 2.45) is 0 Å². The van der Waals surface area contributed by atoms with Gasteiger partial charge in [-0.2, -0.15) is 0 Å². The Labute approximate surface area is 155 Å². The maximum atomic E-state index is 11.9. The van der Waals surface area contributed by atoms with E-state index in [1.807, 2.05) is 0 Å². The summed E-state index contributed by atoms with van der Waals surface area (Å²) in [5.74, 6) is -1.22. The number of carbonyl (C=O) groups excluding carboxylic acids is 1. The van der Waals surface area contributed by atoms with Gasteiger partial charge < -0.3 is 19.7 Å². The first-order valence-electron chi connectivity index (χ1n) is 8.20. The van der Waals surface area contributed by atoms with Gasteiger partial charge in [0.25, 0.3) is 5.69 Å². The van der Waals surface area contributed by atoms with Gasteiger partial charge in [0.05, 0.1) is 10.6 Å². The number of non-ortho nitro benzene ring substituents is 1. The fraction of sp³-hybridized carbons (Fsp3) is 0.333. The summed E-state index contributed by atoms with van der Waals surface area (Å²) in [6, 6.07) is 8.15. The van der Waals surface area contributed by atoms with Crippen LogP contribution in [0.1, 0.15) is 26.5 Å². The number of aromatic nitrogens is 1. The number of nitrogens with one attached hydrogen (secondary N) is 1. The van der Waals surface area contributed by atoms with Gasteiger partial charge >= 0.3 is 12.1 Å². The van der Waals surface area contributed by atoms with E-state index in [-0.39, 0.29) is 12.1 Å². The van der Waals surface area contributed by atoms with Crippen molar-refractivity contribution in [3.63, 3.8) is 0 Å². The number of nitrogens with zero attached hydrogens (tertiary/aromatic N) is 2. The van der Waals surface area contributed by atoms with Crippen LogP contribution in [-0.4, -0.2) is 38.3 Å². The molecule has 1 heterocycles. The largest absolute Gasteiger partial charge is 0.480 e. The Hall–Kier alpha value is -3.36. The molecule has 2 N–H and O–H groups in total. The number of hydrogen-bond acceptors (Lipinski definition) is 5. The SMILES string of the molecule is CC(C)(C)OC(=O)NC(Cc1cccn1-c1cccc([N+](=O)[O-])c1)C(=O)O. The van der Waals surface area contributed by atoms with Crippen LogP contribution < -0.4 is 5.32 Å². The van der Waals surface area contributed by atoms with Crippen molar-refractivity contribution in [1.29, 1.82) is 0 Å². The molecule has 1 aromatic carbocycles. The van der Waals surface area contributed by atoms with Crippen molar-refractivity contribution in [2.45, 2.75) is 38.8 Å². The molecule has 0 aliphatic heterocycles. The van der Waals surface area contributed by atoms with Crippen LogP contribution in [0.4, 0.5) is 10.5 Å². The highest BCUT2D eigenvalue weighted by Crippen LogP contribution is 2.20. The molecule has 0 bridgehead atoms. The lowest BCUT2D eigenvalue weighted by Crippen LogP contribution is -2.44. The zero-order valence-electron chi connectivity index (χ0n) is 15.2. The Kier molecular flexibility index (Phi) is 5.84. The van der Waals surface area contributed by atoms with E-state index in [1.54, 1.807) is 55.8 Å². The third kappa shape index (κ3) is 5.56. The van der Waals surface area contributed by atoms with Gasteiger partial charge in [-0.15, -0.1) is 0 Å². The zero-order chi connectivity index (χ0) is 20.2. The molecule has 27 heavy (non-hydrogen) atoms. The van der Waals surface area contributed by atoms with Gasteiger partial charge in [0.1, 0.15) is 11.6 Å². The summed E-state index contributed by atoms with van der Waals surface area (Å²) in [4.78, 5) is 33.9. The highest BCUT2D eigenvalue weighted by molar-refractivity contribution is 5.80. The summed E-state index contributed by atoms with van der Waals surface area (Å²) < 4.78 is 6.74. The number of aliphatic carboxylic acids is 1. The summed E-state index contributed by atoms with van der Waals surface area (Å²) in [6.07, 6.45) is 0.814. The molecule has 0 saturated heterocycles. The minimum Gasteiger partial charge on any atom is -0.480 e. The number of hydrogen-bond donors (Lipinski definition) is 2. The number of carboxylic acid groups (broad SMARTS) is 1. The van der Waals surface area contributed by atoms with Crippen LogP contribution in [0.5, 0.6) is 0 Å². The average Bonchev–Trinajstić information content (AvgIpc) is 3.00. The maximum absolute atomic E-state index is 11.9. The maximum Gasteiger partial charge on any atom is 0.408 e. The normalized spacial score (nSPS) is 12.3. The Balaban J connectivity index is 2.22. The van der Waals surface area contributed by atoms with Crippen LogP contribution in [0, 0.1) is 10.1 Å². The van der Waals surface area contributed by atoms with E-state index in [9.17, 15) is 24.8 Å². The minimum atomic E-state index is -1.22. The van der Waals surface area contributed by atoms with Crippen molar-refractivity contribution in [2.75, 3.05) is 0 Å². The van der Waals surface area contributed by atoms with E-state index in [0.717, 1.165) is 0 Å². The molecule has 1 unspecified atom stereocenters. The van der Waals surface area contributed by atoms with E-state index in [0.29, 0.717) is 11.4 Å². The Morgan fingerprint density at radius 3 is 2.59 bits per heavy atom. The lowest BCUT2D eigenvalue weighted by Gasteiger charge is -2.22. The number of rotatable bonds is 6. The van der Waals surface area contributed by atoms with Crippen molar-refractivity contribution in [3.8, 4) is 5.69 Å². The fourth-order valence-corrected chi connectivity index (χ4v) is 2.45. The summed E-state index contributed by atoms with van der Waals surface area (Å²) in [5, 5.41) is 22.7. The van der Waals surface area contributed by atoms with Crippen LogP contribution in [-0.2, 0) is 16.0 Å². The lowest BCUT2D eigenvalue weighted by molar-refractivity contribution is -0.384. The molecule has 0 fully saturated rings. The molecular weight excluding hydrogens is 354 g/mol. The molecule has 0 radical (unpaired) electrons. The molecule has 144 valence electrons. The zero-order valence-corrected chi connectivity index (χ0v) is 15.2. The molecule has 9 nitrogen and oxygen atoms in total. The molecule has 1 amide bonds.